The van der Waals surface area contributed by atoms with Gasteiger partial charge in [0, 0.05) is 18.0 Å². The van der Waals surface area contributed by atoms with Crippen LogP contribution in [0.5, 0.6) is 0 Å². The third kappa shape index (κ3) is 4.75. The molecule has 2 rings (SSSR count). The average molecular weight is 354 g/mol. The van der Waals surface area contributed by atoms with Gasteiger partial charge in [-0.05, 0) is 12.1 Å². The Kier molecular flexibility index (Phi) is 4.98. The first-order valence-corrected chi connectivity index (χ1v) is 7.13. The molecule has 2 heterocycles. The molecule has 0 saturated carbocycles. The van der Waals surface area contributed by atoms with E-state index >= 15 is 0 Å². The van der Waals surface area contributed by atoms with E-state index in [1.54, 1.807) is 18.5 Å². The van der Waals surface area contributed by atoms with Crippen molar-refractivity contribution in [2.75, 3.05) is 11.9 Å². The van der Waals surface area contributed by atoms with Gasteiger partial charge in [0.25, 0.3) is 0 Å². The highest BCUT2D eigenvalue weighted by molar-refractivity contribution is 7.18. The molecule has 0 aliphatic rings. The normalized spacial score (nSPS) is 11.2. The van der Waals surface area contributed by atoms with E-state index in [4.69, 9.17) is 39.5 Å². The zero-order chi connectivity index (χ0) is 14.6. The maximum Gasteiger partial charge on any atom is 0.413 e. The van der Waals surface area contributed by atoms with Gasteiger partial charge in [-0.15, -0.1) is 10.2 Å². The van der Waals surface area contributed by atoms with Crippen LogP contribution in [0.15, 0.2) is 24.5 Å². The highest BCUT2D eigenvalue weighted by atomic mass is 35.6. The van der Waals surface area contributed by atoms with E-state index in [1.807, 2.05) is 6.07 Å². The molecular weight excluding hydrogens is 347 g/mol. The molecule has 0 aromatic carbocycles. The summed E-state index contributed by atoms with van der Waals surface area (Å²) in [6, 6.07) is 3.61. The molecule has 10 heteroatoms. The first kappa shape index (κ1) is 15.2. The highest BCUT2D eigenvalue weighted by Gasteiger charge is 2.22. The minimum Gasteiger partial charge on any atom is -0.445 e. The second-order valence-electron chi connectivity index (χ2n) is 3.47. The molecule has 0 spiro atoms. The number of nitrogens with zero attached hydrogens (tertiary/aromatic N) is 3. The summed E-state index contributed by atoms with van der Waals surface area (Å²) in [6.45, 7) is -0.363. The van der Waals surface area contributed by atoms with Crippen molar-refractivity contribution in [1.82, 2.24) is 15.2 Å². The Bertz CT molecular complexity index is 588. The molecule has 0 saturated heterocycles. The zero-order valence-corrected chi connectivity index (χ0v) is 12.8. The molecule has 0 aliphatic carbocycles. The van der Waals surface area contributed by atoms with Crippen LogP contribution in [0, 0.1) is 0 Å². The fourth-order valence-corrected chi connectivity index (χ4v) is 2.03. The van der Waals surface area contributed by atoms with Crippen molar-refractivity contribution in [3.63, 3.8) is 0 Å². The van der Waals surface area contributed by atoms with Gasteiger partial charge in [0.05, 0.1) is 0 Å². The van der Waals surface area contributed by atoms with E-state index in [9.17, 15) is 4.79 Å². The Morgan fingerprint density at radius 3 is 2.85 bits per heavy atom. The average Bonchev–Trinajstić information content (AvgIpc) is 2.85. The molecule has 1 amide bonds. The SMILES string of the molecule is O=C(Nc1nnc(-c2cccnc2)s1)OCC(Cl)(Cl)Cl. The number of carbonyl (C=O) groups excluding carboxylic acids is 1. The fourth-order valence-electron chi connectivity index (χ4n) is 1.15. The maximum absolute atomic E-state index is 11.4. The first-order chi connectivity index (χ1) is 9.44. The van der Waals surface area contributed by atoms with Gasteiger partial charge in [-0.3, -0.25) is 10.3 Å². The Morgan fingerprint density at radius 2 is 2.20 bits per heavy atom. The number of amides is 1. The van der Waals surface area contributed by atoms with E-state index in [-0.39, 0.29) is 11.7 Å². The van der Waals surface area contributed by atoms with Crippen LogP contribution in [0.25, 0.3) is 10.6 Å². The smallest absolute Gasteiger partial charge is 0.413 e. The summed E-state index contributed by atoms with van der Waals surface area (Å²) in [7, 11) is 0. The number of aromatic nitrogens is 3. The third-order valence-electron chi connectivity index (χ3n) is 1.91. The van der Waals surface area contributed by atoms with E-state index in [1.165, 1.54) is 11.3 Å². The van der Waals surface area contributed by atoms with Gasteiger partial charge in [0.15, 0.2) is 5.01 Å². The van der Waals surface area contributed by atoms with Crippen LogP contribution < -0.4 is 5.32 Å². The summed E-state index contributed by atoms with van der Waals surface area (Å²) in [5, 5.41) is 11.0. The van der Waals surface area contributed by atoms with Crippen molar-refractivity contribution in [3.8, 4) is 10.6 Å². The molecule has 1 N–H and O–H groups in total. The van der Waals surface area contributed by atoms with Gasteiger partial charge in [-0.1, -0.05) is 46.1 Å². The van der Waals surface area contributed by atoms with Crippen LogP contribution in [-0.2, 0) is 4.74 Å². The molecule has 6 nitrogen and oxygen atoms in total. The molecule has 0 aliphatic heterocycles. The van der Waals surface area contributed by atoms with Gasteiger partial charge in [-0.2, -0.15) is 0 Å². The van der Waals surface area contributed by atoms with Crippen LogP contribution in [-0.4, -0.2) is 31.7 Å². The van der Waals surface area contributed by atoms with E-state index in [0.29, 0.717) is 5.01 Å². The Hall–Kier alpha value is -1.15. The van der Waals surface area contributed by atoms with Crippen molar-refractivity contribution < 1.29 is 9.53 Å². The van der Waals surface area contributed by atoms with Crippen molar-refractivity contribution in [2.45, 2.75) is 3.79 Å². The summed E-state index contributed by atoms with van der Waals surface area (Å²) < 4.78 is 3.05. The topological polar surface area (TPSA) is 77.0 Å². The number of hydrogen-bond acceptors (Lipinski definition) is 6. The molecule has 0 atom stereocenters. The van der Waals surface area contributed by atoms with Crippen molar-refractivity contribution in [1.29, 1.82) is 0 Å². The number of alkyl halides is 3. The van der Waals surface area contributed by atoms with Crippen molar-refractivity contribution in [2.24, 2.45) is 0 Å². The number of pyridine rings is 1. The summed E-state index contributed by atoms with van der Waals surface area (Å²) >= 11 is 17.5. The predicted molar refractivity (Wildman–Crippen MR) is 78.4 cm³/mol. The van der Waals surface area contributed by atoms with E-state index < -0.39 is 9.89 Å². The molecule has 106 valence electrons. The molecule has 2 aromatic rings. The zero-order valence-electron chi connectivity index (χ0n) is 9.72. The minimum absolute atomic E-state index is 0.276. The maximum atomic E-state index is 11.4. The fraction of sp³-hybridized carbons (Fsp3) is 0.200. The van der Waals surface area contributed by atoms with Crippen LogP contribution in [0.2, 0.25) is 0 Å². The second kappa shape index (κ2) is 6.53. The van der Waals surface area contributed by atoms with E-state index in [2.05, 4.69) is 20.5 Å². The summed E-state index contributed by atoms with van der Waals surface area (Å²) in [5.74, 6) is 0. The first-order valence-electron chi connectivity index (χ1n) is 5.18. The number of carbonyl (C=O) groups is 1. The highest BCUT2D eigenvalue weighted by Crippen LogP contribution is 2.27. The van der Waals surface area contributed by atoms with Crippen LogP contribution >= 0.6 is 46.1 Å². The lowest BCUT2D eigenvalue weighted by Gasteiger charge is -2.10. The molecule has 20 heavy (non-hydrogen) atoms. The van der Waals surface area contributed by atoms with Gasteiger partial charge < -0.3 is 4.74 Å². The summed E-state index contributed by atoms with van der Waals surface area (Å²) in [6.07, 6.45) is 2.52. The lowest BCUT2D eigenvalue weighted by molar-refractivity contribution is 0.164. The molecule has 0 radical (unpaired) electrons. The lowest BCUT2D eigenvalue weighted by atomic mass is 10.3. The molecular formula is C10H7Cl3N4O2S. The van der Waals surface area contributed by atoms with Crippen molar-refractivity contribution >= 4 is 57.4 Å². The minimum atomic E-state index is -1.65. The van der Waals surface area contributed by atoms with Crippen LogP contribution in [0.3, 0.4) is 0 Å². The lowest BCUT2D eigenvalue weighted by Crippen LogP contribution is -2.21. The monoisotopic (exact) mass is 352 g/mol. The quantitative estimate of drug-likeness (QED) is 0.854. The Balaban J connectivity index is 1.95. The number of halogens is 3. The largest absolute Gasteiger partial charge is 0.445 e. The van der Waals surface area contributed by atoms with Gasteiger partial charge in [-0.25, -0.2) is 4.79 Å². The van der Waals surface area contributed by atoms with Gasteiger partial charge in [0.2, 0.25) is 8.92 Å². The Labute approximate surface area is 133 Å². The van der Waals surface area contributed by atoms with Crippen LogP contribution in [0.4, 0.5) is 9.93 Å². The Morgan fingerprint density at radius 1 is 1.40 bits per heavy atom. The number of rotatable bonds is 3. The summed E-state index contributed by atoms with van der Waals surface area (Å²) in [5.41, 5.74) is 0.799. The van der Waals surface area contributed by atoms with Crippen molar-refractivity contribution in [3.05, 3.63) is 24.5 Å². The number of anilines is 1. The van der Waals surface area contributed by atoms with E-state index in [0.717, 1.165) is 5.56 Å². The molecule has 0 unspecified atom stereocenters. The standard InChI is InChI=1S/C10H7Cl3N4O2S/c11-10(12,13)5-19-9(18)15-8-17-16-7(20-8)6-2-1-3-14-4-6/h1-4H,5H2,(H,15,17,18). The molecule has 2 aromatic heterocycles. The second-order valence-corrected chi connectivity index (χ2v) is 6.96. The number of ether oxygens (including phenoxy) is 1. The summed E-state index contributed by atoms with van der Waals surface area (Å²) in [4.78, 5) is 15.4. The predicted octanol–water partition coefficient (Wildman–Crippen LogP) is 3.52. The third-order valence-corrected chi connectivity index (χ3v) is 3.12. The molecule has 0 bridgehead atoms. The number of hydrogen-bond donors (Lipinski definition) is 1. The van der Waals surface area contributed by atoms with Gasteiger partial charge in [0.1, 0.15) is 6.61 Å². The van der Waals surface area contributed by atoms with Gasteiger partial charge >= 0.3 is 6.09 Å². The number of nitrogens with one attached hydrogen (secondary N) is 1. The molecule has 0 fully saturated rings. The van der Waals surface area contributed by atoms with Crippen LogP contribution in [0.1, 0.15) is 0 Å².